The first-order chi connectivity index (χ1) is 9.33. The van der Waals surface area contributed by atoms with Gasteiger partial charge in [-0.3, -0.25) is 0 Å². The second-order valence-electron chi connectivity index (χ2n) is 6.38. The summed E-state index contributed by atoms with van der Waals surface area (Å²) in [5.74, 6) is 1.86. The third-order valence-electron chi connectivity index (χ3n) is 4.82. The van der Waals surface area contributed by atoms with Gasteiger partial charge in [-0.15, -0.1) is 0 Å². The summed E-state index contributed by atoms with van der Waals surface area (Å²) in [6, 6.07) is 8.91. The van der Waals surface area contributed by atoms with Crippen LogP contribution in [0.3, 0.4) is 0 Å². The van der Waals surface area contributed by atoms with Crippen LogP contribution in [0.15, 0.2) is 24.3 Å². The van der Waals surface area contributed by atoms with Gasteiger partial charge in [0.15, 0.2) is 0 Å². The number of hydrogen-bond donors (Lipinski definition) is 1. The summed E-state index contributed by atoms with van der Waals surface area (Å²) in [7, 11) is 0. The Bertz CT molecular complexity index is 407. The number of hydrogen-bond acceptors (Lipinski definition) is 2. The highest BCUT2D eigenvalue weighted by molar-refractivity contribution is 5.54. The third-order valence-corrected chi connectivity index (χ3v) is 4.82. The summed E-state index contributed by atoms with van der Waals surface area (Å²) in [4.78, 5) is 2.62. The Morgan fingerprint density at radius 3 is 2.79 bits per heavy atom. The number of benzene rings is 1. The van der Waals surface area contributed by atoms with Crippen molar-refractivity contribution in [2.24, 2.45) is 11.8 Å². The van der Waals surface area contributed by atoms with Crippen LogP contribution in [0.5, 0.6) is 0 Å². The molecule has 19 heavy (non-hydrogen) atoms. The zero-order chi connectivity index (χ0) is 13.1. The van der Waals surface area contributed by atoms with E-state index in [1.807, 2.05) is 0 Å². The van der Waals surface area contributed by atoms with Crippen LogP contribution in [0, 0.1) is 11.8 Å². The number of rotatable bonds is 2. The first-order valence-corrected chi connectivity index (χ1v) is 7.86. The molecule has 1 heterocycles. The molecule has 104 valence electrons. The Hall–Kier alpha value is -1.02. The fraction of sp³-hybridized carbons (Fsp3) is 0.647. The van der Waals surface area contributed by atoms with Crippen molar-refractivity contribution in [3.05, 3.63) is 29.8 Å². The van der Waals surface area contributed by atoms with Gasteiger partial charge in [0.1, 0.15) is 0 Å². The number of nitrogens with one attached hydrogen (secondary N) is 1. The molecule has 0 aromatic heterocycles. The molecule has 3 rings (SSSR count). The summed E-state index contributed by atoms with van der Waals surface area (Å²) in [6.45, 7) is 6.95. The van der Waals surface area contributed by atoms with E-state index in [0.29, 0.717) is 0 Å². The van der Waals surface area contributed by atoms with E-state index in [2.05, 4.69) is 41.4 Å². The van der Waals surface area contributed by atoms with Gasteiger partial charge in [0.2, 0.25) is 0 Å². The minimum absolute atomic E-state index is 0.905. The van der Waals surface area contributed by atoms with E-state index in [9.17, 15) is 0 Å². The molecule has 1 aromatic rings. The van der Waals surface area contributed by atoms with E-state index >= 15 is 0 Å². The molecule has 0 saturated heterocycles. The standard InChI is InChI=1S/C17H26N2/c1-14-6-8-15(9-7-14)13-19-11-10-18-12-16-4-2-3-5-17(16)19/h2-5,14-15,18H,6-13H2,1H3. The predicted molar refractivity (Wildman–Crippen MR) is 81.5 cm³/mol. The molecule has 2 heteroatoms. The number of para-hydroxylation sites is 1. The summed E-state index contributed by atoms with van der Waals surface area (Å²) in [5, 5.41) is 3.54. The van der Waals surface area contributed by atoms with Crippen molar-refractivity contribution < 1.29 is 0 Å². The van der Waals surface area contributed by atoms with Crippen LogP contribution < -0.4 is 10.2 Å². The first kappa shape index (κ1) is 13.0. The Morgan fingerprint density at radius 1 is 1.16 bits per heavy atom. The molecule has 1 aliphatic carbocycles. The Morgan fingerprint density at radius 2 is 1.95 bits per heavy atom. The molecule has 0 amide bonds. The lowest BCUT2D eigenvalue weighted by Crippen LogP contribution is -2.34. The van der Waals surface area contributed by atoms with Crippen LogP contribution in [-0.2, 0) is 6.54 Å². The fourth-order valence-electron chi connectivity index (χ4n) is 3.54. The van der Waals surface area contributed by atoms with Crippen LogP contribution in [0.1, 0.15) is 38.2 Å². The van der Waals surface area contributed by atoms with Crippen molar-refractivity contribution in [2.75, 3.05) is 24.5 Å². The quantitative estimate of drug-likeness (QED) is 0.874. The predicted octanol–water partition coefficient (Wildman–Crippen LogP) is 3.42. The fourth-order valence-corrected chi connectivity index (χ4v) is 3.54. The molecule has 0 spiro atoms. The summed E-state index contributed by atoms with van der Waals surface area (Å²) in [6.07, 6.45) is 5.71. The minimum Gasteiger partial charge on any atom is -0.370 e. The Balaban J connectivity index is 1.70. The van der Waals surface area contributed by atoms with E-state index in [4.69, 9.17) is 0 Å². The third kappa shape index (κ3) is 3.11. The molecule has 0 unspecified atom stereocenters. The average molecular weight is 258 g/mol. The van der Waals surface area contributed by atoms with E-state index in [0.717, 1.165) is 31.5 Å². The van der Waals surface area contributed by atoms with Gasteiger partial charge in [0.05, 0.1) is 0 Å². The molecule has 1 aromatic carbocycles. The molecule has 0 radical (unpaired) electrons. The first-order valence-electron chi connectivity index (χ1n) is 7.86. The molecule has 0 bridgehead atoms. The Labute approximate surface area is 117 Å². The van der Waals surface area contributed by atoms with Gasteiger partial charge in [0, 0.05) is 31.9 Å². The van der Waals surface area contributed by atoms with Gasteiger partial charge < -0.3 is 10.2 Å². The average Bonchev–Trinajstić information content (AvgIpc) is 2.64. The van der Waals surface area contributed by atoms with Crippen molar-refractivity contribution in [1.82, 2.24) is 5.32 Å². The molecular weight excluding hydrogens is 232 g/mol. The van der Waals surface area contributed by atoms with Gasteiger partial charge in [-0.2, -0.15) is 0 Å². The second kappa shape index (κ2) is 5.96. The maximum Gasteiger partial charge on any atom is 0.0412 e. The largest absolute Gasteiger partial charge is 0.370 e. The Kier molecular flexibility index (Phi) is 4.07. The van der Waals surface area contributed by atoms with Crippen LogP contribution >= 0.6 is 0 Å². The molecule has 1 N–H and O–H groups in total. The summed E-state index contributed by atoms with van der Waals surface area (Å²) >= 11 is 0. The molecule has 0 atom stereocenters. The van der Waals surface area contributed by atoms with Crippen molar-refractivity contribution >= 4 is 5.69 Å². The molecule has 1 fully saturated rings. The van der Waals surface area contributed by atoms with E-state index in [1.165, 1.54) is 43.5 Å². The minimum atomic E-state index is 0.905. The second-order valence-corrected chi connectivity index (χ2v) is 6.38. The molecule has 2 nitrogen and oxygen atoms in total. The topological polar surface area (TPSA) is 15.3 Å². The van der Waals surface area contributed by atoms with Crippen molar-refractivity contribution in [1.29, 1.82) is 0 Å². The van der Waals surface area contributed by atoms with Gasteiger partial charge in [-0.25, -0.2) is 0 Å². The highest BCUT2D eigenvalue weighted by atomic mass is 15.2. The van der Waals surface area contributed by atoms with Gasteiger partial charge >= 0.3 is 0 Å². The number of anilines is 1. The van der Waals surface area contributed by atoms with Gasteiger partial charge in [-0.1, -0.05) is 38.0 Å². The van der Waals surface area contributed by atoms with E-state index in [1.54, 1.807) is 0 Å². The highest BCUT2D eigenvalue weighted by Gasteiger charge is 2.22. The zero-order valence-electron chi connectivity index (χ0n) is 12.1. The lowest BCUT2D eigenvalue weighted by atomic mass is 9.82. The number of fused-ring (bicyclic) bond motifs is 1. The normalized spacial score (nSPS) is 27.7. The van der Waals surface area contributed by atoms with Crippen molar-refractivity contribution in [3.8, 4) is 0 Å². The maximum atomic E-state index is 3.54. The van der Waals surface area contributed by atoms with Crippen molar-refractivity contribution in [3.63, 3.8) is 0 Å². The van der Waals surface area contributed by atoms with Crippen LogP contribution in [-0.4, -0.2) is 19.6 Å². The SMILES string of the molecule is CC1CCC(CN2CCNCc3ccccc32)CC1. The molecule has 1 aliphatic heterocycles. The lowest BCUT2D eigenvalue weighted by Gasteiger charge is -2.33. The monoisotopic (exact) mass is 258 g/mol. The van der Waals surface area contributed by atoms with Crippen LogP contribution in [0.25, 0.3) is 0 Å². The molecule has 2 aliphatic rings. The van der Waals surface area contributed by atoms with Crippen LogP contribution in [0.2, 0.25) is 0 Å². The van der Waals surface area contributed by atoms with Gasteiger partial charge in [0.25, 0.3) is 0 Å². The van der Waals surface area contributed by atoms with E-state index in [-0.39, 0.29) is 0 Å². The summed E-state index contributed by atoms with van der Waals surface area (Å²) < 4.78 is 0. The van der Waals surface area contributed by atoms with Crippen molar-refractivity contribution in [2.45, 2.75) is 39.2 Å². The number of nitrogens with zero attached hydrogens (tertiary/aromatic N) is 1. The van der Waals surface area contributed by atoms with Crippen LogP contribution in [0.4, 0.5) is 5.69 Å². The lowest BCUT2D eigenvalue weighted by molar-refractivity contribution is 0.291. The molecular formula is C17H26N2. The zero-order valence-corrected chi connectivity index (χ0v) is 12.1. The van der Waals surface area contributed by atoms with E-state index < -0.39 is 0 Å². The molecule has 1 saturated carbocycles. The van der Waals surface area contributed by atoms with Gasteiger partial charge in [-0.05, 0) is 36.3 Å². The highest BCUT2D eigenvalue weighted by Crippen LogP contribution is 2.31. The maximum absolute atomic E-state index is 3.54. The smallest absolute Gasteiger partial charge is 0.0412 e. The summed E-state index contributed by atoms with van der Waals surface area (Å²) in [5.41, 5.74) is 2.93.